The predicted molar refractivity (Wildman–Crippen MR) is 75.7 cm³/mol. The molecule has 18 heavy (non-hydrogen) atoms. The maximum atomic E-state index is 10.5. The highest BCUT2D eigenvalue weighted by molar-refractivity contribution is 6.48. The monoisotopic (exact) mass is 272 g/mol. The zero-order valence-corrected chi connectivity index (χ0v) is 12.8. The number of carbonyl (C=O) groups is 1. The van der Waals surface area contributed by atoms with Gasteiger partial charge in [-0.25, -0.2) is 0 Å². The van der Waals surface area contributed by atoms with E-state index in [1.807, 2.05) is 0 Å². The first-order valence-electron chi connectivity index (χ1n) is 5.97. The highest BCUT2D eigenvalue weighted by atomic mass is 28.3. The van der Waals surface area contributed by atoms with Gasteiger partial charge >= 0.3 is 0 Å². The number of carbonyl (C=O) groups excluding carboxylic acids is 1. The molecule has 0 aliphatic heterocycles. The summed E-state index contributed by atoms with van der Waals surface area (Å²) in [6.07, 6.45) is 3.21. The van der Waals surface area contributed by atoms with Crippen LogP contribution in [0, 0.1) is 10.8 Å². The van der Waals surface area contributed by atoms with Crippen molar-refractivity contribution in [1.82, 2.24) is 5.32 Å². The minimum Gasteiger partial charge on any atom is -0.420 e. The standard InChI is InChI=1S/C12H24N2O3Si/c1-12(9-16-2,10-17-18(3)4)8-14-6-11(5-13)7-15/h5-7,13-14,18H,8-10H2,1-4H3/b11-6+,13-5?. The molecule has 1 atom stereocenters. The normalized spacial score (nSPS) is 15.3. The van der Waals surface area contributed by atoms with E-state index in [2.05, 4.69) is 25.3 Å². The van der Waals surface area contributed by atoms with Crippen molar-refractivity contribution >= 4 is 21.5 Å². The Bertz CT molecular complexity index is 285. The summed E-state index contributed by atoms with van der Waals surface area (Å²) in [6.45, 7) is 8.16. The van der Waals surface area contributed by atoms with Crippen LogP contribution in [-0.4, -0.2) is 48.4 Å². The fourth-order valence-corrected chi connectivity index (χ4v) is 2.12. The van der Waals surface area contributed by atoms with Crippen molar-refractivity contribution in [2.75, 3.05) is 26.9 Å². The van der Waals surface area contributed by atoms with Crippen molar-refractivity contribution in [3.63, 3.8) is 0 Å². The number of hydrogen-bond donors (Lipinski definition) is 2. The summed E-state index contributed by atoms with van der Waals surface area (Å²) in [5.41, 5.74) is 0.173. The van der Waals surface area contributed by atoms with Crippen LogP contribution in [0.3, 0.4) is 0 Å². The van der Waals surface area contributed by atoms with E-state index in [1.54, 1.807) is 13.3 Å². The Morgan fingerprint density at radius 2 is 2.11 bits per heavy atom. The number of aldehydes is 1. The molecule has 0 aromatic heterocycles. The van der Waals surface area contributed by atoms with Crippen molar-refractivity contribution in [3.05, 3.63) is 11.8 Å². The molecule has 0 fully saturated rings. The van der Waals surface area contributed by atoms with Crippen molar-refractivity contribution < 1.29 is 14.0 Å². The first kappa shape index (κ1) is 17.0. The predicted octanol–water partition coefficient (Wildman–Crippen LogP) is 0.961. The van der Waals surface area contributed by atoms with Gasteiger partial charge in [0.1, 0.15) is 0 Å². The lowest BCUT2D eigenvalue weighted by Gasteiger charge is -2.29. The van der Waals surface area contributed by atoms with Gasteiger partial charge in [-0.2, -0.15) is 0 Å². The molecular weight excluding hydrogens is 248 g/mol. The Kier molecular flexibility index (Phi) is 8.52. The van der Waals surface area contributed by atoms with Crippen LogP contribution in [0.2, 0.25) is 13.1 Å². The van der Waals surface area contributed by atoms with E-state index in [0.29, 0.717) is 31.6 Å². The van der Waals surface area contributed by atoms with Gasteiger partial charge in [-0.05, 0) is 13.1 Å². The fourth-order valence-electron chi connectivity index (χ4n) is 1.39. The summed E-state index contributed by atoms with van der Waals surface area (Å²) in [7, 11) is 0.610. The van der Waals surface area contributed by atoms with Crippen LogP contribution in [0.15, 0.2) is 11.8 Å². The van der Waals surface area contributed by atoms with E-state index in [1.165, 1.54) is 0 Å². The average Bonchev–Trinajstić information content (AvgIpc) is 2.33. The molecule has 1 unspecified atom stereocenters. The SMILES string of the molecule is COCC(C)(CN/C=C(\C=N)C=O)CO[SiH](C)C. The largest absolute Gasteiger partial charge is 0.420 e. The molecule has 0 aromatic rings. The second kappa shape index (κ2) is 9.01. The minimum atomic E-state index is -1.05. The second-order valence-corrected chi connectivity index (χ2v) is 7.32. The van der Waals surface area contributed by atoms with Gasteiger partial charge in [-0.1, -0.05) is 6.92 Å². The van der Waals surface area contributed by atoms with Crippen molar-refractivity contribution in [3.8, 4) is 0 Å². The zero-order valence-electron chi connectivity index (χ0n) is 11.7. The Morgan fingerprint density at radius 1 is 1.44 bits per heavy atom. The van der Waals surface area contributed by atoms with Gasteiger partial charge < -0.3 is 19.9 Å². The third-order valence-electron chi connectivity index (χ3n) is 2.36. The van der Waals surface area contributed by atoms with Crippen LogP contribution in [0.4, 0.5) is 0 Å². The molecule has 0 saturated heterocycles. The Labute approximate surface area is 111 Å². The maximum Gasteiger partial charge on any atom is 0.170 e. The second-order valence-electron chi connectivity index (χ2n) is 4.89. The number of hydrogen-bond acceptors (Lipinski definition) is 5. The lowest BCUT2D eigenvalue weighted by Crippen LogP contribution is -2.39. The average molecular weight is 272 g/mol. The third-order valence-corrected chi connectivity index (χ3v) is 3.19. The van der Waals surface area contributed by atoms with E-state index in [-0.39, 0.29) is 5.41 Å². The van der Waals surface area contributed by atoms with Gasteiger partial charge in [0.05, 0.1) is 6.61 Å². The summed E-state index contributed by atoms with van der Waals surface area (Å²) in [5, 5.41) is 10.1. The van der Waals surface area contributed by atoms with Crippen LogP contribution in [-0.2, 0) is 14.0 Å². The van der Waals surface area contributed by atoms with E-state index >= 15 is 0 Å². The van der Waals surface area contributed by atoms with Gasteiger partial charge in [0.15, 0.2) is 15.3 Å². The van der Waals surface area contributed by atoms with E-state index < -0.39 is 9.04 Å². The highest BCUT2D eigenvalue weighted by Crippen LogP contribution is 2.16. The Balaban J connectivity index is 4.37. The number of ether oxygens (including phenoxy) is 1. The van der Waals surface area contributed by atoms with Crippen LogP contribution in [0.1, 0.15) is 6.92 Å². The summed E-state index contributed by atoms with van der Waals surface area (Å²) in [4.78, 5) is 10.5. The molecule has 0 heterocycles. The van der Waals surface area contributed by atoms with Crippen LogP contribution < -0.4 is 5.32 Å². The molecule has 0 saturated carbocycles. The molecule has 0 aliphatic rings. The molecule has 104 valence electrons. The maximum absolute atomic E-state index is 10.5. The molecule has 0 spiro atoms. The van der Waals surface area contributed by atoms with Crippen molar-refractivity contribution in [1.29, 1.82) is 5.41 Å². The number of allylic oxidation sites excluding steroid dienone is 1. The molecule has 0 bridgehead atoms. The number of methoxy groups -OCH3 is 1. The van der Waals surface area contributed by atoms with Gasteiger partial charge in [-0.15, -0.1) is 0 Å². The molecule has 2 N–H and O–H groups in total. The summed E-state index contributed by atoms with van der Waals surface area (Å²) < 4.78 is 11.0. The third kappa shape index (κ3) is 7.36. The van der Waals surface area contributed by atoms with Crippen LogP contribution in [0.25, 0.3) is 0 Å². The minimum absolute atomic E-state index is 0.140. The van der Waals surface area contributed by atoms with Crippen molar-refractivity contribution in [2.45, 2.75) is 20.0 Å². The first-order valence-corrected chi connectivity index (χ1v) is 8.75. The molecule has 0 rings (SSSR count). The van der Waals surface area contributed by atoms with Crippen LogP contribution >= 0.6 is 0 Å². The van der Waals surface area contributed by atoms with Gasteiger partial charge in [0.25, 0.3) is 0 Å². The fraction of sp³-hybridized carbons (Fsp3) is 0.667. The quantitative estimate of drug-likeness (QED) is 0.269. The number of rotatable bonds is 10. The van der Waals surface area contributed by atoms with Gasteiger partial charge in [0, 0.05) is 43.7 Å². The Morgan fingerprint density at radius 3 is 2.56 bits per heavy atom. The van der Waals surface area contributed by atoms with E-state index in [4.69, 9.17) is 14.6 Å². The zero-order chi connectivity index (χ0) is 14.0. The number of nitrogens with one attached hydrogen (secondary N) is 2. The molecule has 5 nitrogen and oxygen atoms in total. The Hall–Kier alpha value is -0.983. The first-order chi connectivity index (χ1) is 8.47. The summed E-state index contributed by atoms with van der Waals surface area (Å²) in [5.74, 6) is 0. The summed E-state index contributed by atoms with van der Waals surface area (Å²) >= 11 is 0. The molecular formula is C12H24N2O3Si. The van der Waals surface area contributed by atoms with Crippen molar-refractivity contribution in [2.24, 2.45) is 5.41 Å². The van der Waals surface area contributed by atoms with E-state index in [9.17, 15) is 4.79 Å². The molecule has 0 aliphatic carbocycles. The van der Waals surface area contributed by atoms with E-state index in [0.717, 1.165) is 6.21 Å². The molecule has 0 radical (unpaired) electrons. The highest BCUT2D eigenvalue weighted by Gasteiger charge is 2.24. The van der Waals surface area contributed by atoms with Crippen LogP contribution in [0.5, 0.6) is 0 Å². The molecule has 0 amide bonds. The lowest BCUT2D eigenvalue weighted by atomic mass is 9.93. The topological polar surface area (TPSA) is 71.4 Å². The summed E-state index contributed by atoms with van der Waals surface area (Å²) in [6, 6.07) is 0. The van der Waals surface area contributed by atoms with Gasteiger partial charge in [-0.3, -0.25) is 4.79 Å². The lowest BCUT2D eigenvalue weighted by molar-refractivity contribution is -0.104. The van der Waals surface area contributed by atoms with Gasteiger partial charge in [0.2, 0.25) is 0 Å². The molecule has 6 heteroatoms. The molecule has 0 aromatic carbocycles. The smallest absolute Gasteiger partial charge is 0.170 e.